The van der Waals surface area contributed by atoms with Crippen molar-refractivity contribution in [3.63, 3.8) is 0 Å². The average Bonchev–Trinajstić information content (AvgIpc) is 3.70. The zero-order chi connectivity index (χ0) is 37.0. The highest BCUT2D eigenvalue weighted by atomic mass is 19.1. The Labute approximate surface area is 298 Å². The zero-order valence-electron chi connectivity index (χ0n) is 30.5. The van der Waals surface area contributed by atoms with Gasteiger partial charge in [0.05, 0.1) is 28.6 Å². The van der Waals surface area contributed by atoms with E-state index in [1.54, 1.807) is 4.90 Å². The molecule has 3 aromatic carbocycles. The van der Waals surface area contributed by atoms with Crippen LogP contribution in [0.1, 0.15) is 84.8 Å². The molecule has 0 aliphatic carbocycles. The molecule has 0 saturated carbocycles. The van der Waals surface area contributed by atoms with E-state index < -0.39 is 29.3 Å². The number of halogens is 4. The van der Waals surface area contributed by atoms with Crippen molar-refractivity contribution in [2.75, 3.05) is 37.7 Å². The Hall–Kier alpha value is -4.14. The molecule has 7 nitrogen and oxygen atoms in total. The van der Waals surface area contributed by atoms with Gasteiger partial charge in [-0.05, 0) is 75.2 Å². The molecule has 1 aromatic heterocycles. The third-order valence-corrected chi connectivity index (χ3v) is 10.2. The van der Waals surface area contributed by atoms with E-state index in [1.165, 1.54) is 18.2 Å². The van der Waals surface area contributed by atoms with Crippen LogP contribution in [0, 0.1) is 29.8 Å². The van der Waals surface area contributed by atoms with Crippen molar-refractivity contribution in [2.24, 2.45) is 0 Å². The minimum atomic E-state index is -1.36. The van der Waals surface area contributed by atoms with Gasteiger partial charge in [0.15, 0.2) is 12.1 Å². The fraction of sp³-hybridized carbons (Fsp3) is 0.500. The summed E-state index contributed by atoms with van der Waals surface area (Å²) in [7, 11) is 0. The van der Waals surface area contributed by atoms with E-state index in [0.717, 1.165) is 44.8 Å². The third-order valence-electron chi connectivity index (χ3n) is 10.2. The molecule has 4 aliphatic rings. The number of aromatic hydroxyl groups is 1. The van der Waals surface area contributed by atoms with Gasteiger partial charge in [0.25, 0.3) is 0 Å². The second-order valence-corrected chi connectivity index (χ2v) is 12.6. The number of fused-ring (bicyclic) bond motifs is 4. The Bertz CT molecular complexity index is 1920. The third kappa shape index (κ3) is 6.69. The van der Waals surface area contributed by atoms with Crippen LogP contribution in [0.5, 0.6) is 11.8 Å². The molecule has 51 heavy (non-hydrogen) atoms. The maximum atomic E-state index is 17.0. The number of hydrogen-bond donors (Lipinski definition) is 2. The van der Waals surface area contributed by atoms with Gasteiger partial charge < -0.3 is 14.7 Å². The van der Waals surface area contributed by atoms with Gasteiger partial charge in [-0.1, -0.05) is 53.5 Å². The number of terminal acetylenes is 1. The lowest BCUT2D eigenvalue weighted by Gasteiger charge is -2.38. The SMILES string of the molecule is C#Cc1c(F)ccc2cc(O)cc(-c3c(F)c4c5c(nc(OCC67CCCN6CCC7)nc5c3F)N3CC(F)NCC3CC4)c12.CC.CC.CC. The molecule has 5 heterocycles. The van der Waals surface area contributed by atoms with Gasteiger partial charge in [0, 0.05) is 29.1 Å². The predicted octanol–water partition coefficient (Wildman–Crippen LogP) is 8.66. The molecule has 2 unspecified atom stereocenters. The number of ether oxygens (including phenoxy) is 1. The van der Waals surface area contributed by atoms with Crippen molar-refractivity contribution in [2.45, 2.75) is 97.9 Å². The van der Waals surface area contributed by atoms with Crippen molar-refractivity contribution in [3.05, 3.63) is 52.8 Å². The highest BCUT2D eigenvalue weighted by molar-refractivity contribution is 6.05. The number of piperazine rings is 1. The van der Waals surface area contributed by atoms with Crippen LogP contribution in [0.4, 0.5) is 23.4 Å². The molecular weight excluding hydrogens is 658 g/mol. The van der Waals surface area contributed by atoms with Crippen LogP contribution >= 0.6 is 0 Å². The van der Waals surface area contributed by atoms with Crippen LogP contribution in [0.3, 0.4) is 0 Å². The first-order valence-electron chi connectivity index (χ1n) is 18.4. The summed E-state index contributed by atoms with van der Waals surface area (Å²) in [5.74, 6) is -0.359. The van der Waals surface area contributed by atoms with E-state index in [4.69, 9.17) is 16.1 Å². The molecule has 8 rings (SSSR count). The summed E-state index contributed by atoms with van der Waals surface area (Å²) in [5.41, 5.74) is -0.894. The Balaban J connectivity index is 0.000000800. The minimum absolute atomic E-state index is 0.0552. The van der Waals surface area contributed by atoms with E-state index in [9.17, 15) is 13.9 Å². The number of alkyl halides is 1. The first-order chi connectivity index (χ1) is 24.8. The molecule has 2 N–H and O–H groups in total. The largest absolute Gasteiger partial charge is 0.508 e. The van der Waals surface area contributed by atoms with Crippen LogP contribution in [0.25, 0.3) is 32.8 Å². The van der Waals surface area contributed by atoms with Gasteiger partial charge in [-0.3, -0.25) is 10.2 Å². The van der Waals surface area contributed by atoms with E-state index >= 15 is 8.78 Å². The Morgan fingerprint density at radius 2 is 1.71 bits per heavy atom. The van der Waals surface area contributed by atoms with E-state index in [2.05, 4.69) is 21.1 Å². The molecule has 274 valence electrons. The highest BCUT2D eigenvalue weighted by Crippen LogP contribution is 2.46. The lowest BCUT2D eigenvalue weighted by atomic mass is 9.90. The van der Waals surface area contributed by atoms with Crippen molar-refractivity contribution in [3.8, 4) is 35.2 Å². The summed E-state index contributed by atoms with van der Waals surface area (Å²) in [6, 6.07) is 4.81. The summed E-state index contributed by atoms with van der Waals surface area (Å²) in [4.78, 5) is 13.4. The fourth-order valence-electron chi connectivity index (χ4n) is 8.10. The number of anilines is 1. The number of phenols is 1. The molecular formula is C40H49F4N5O2. The summed E-state index contributed by atoms with van der Waals surface area (Å²) in [6.45, 7) is 14.5. The van der Waals surface area contributed by atoms with Crippen molar-refractivity contribution in [1.82, 2.24) is 20.2 Å². The quantitative estimate of drug-likeness (QED) is 0.125. The summed E-state index contributed by atoms with van der Waals surface area (Å²) < 4.78 is 69.7. The number of benzene rings is 3. The number of nitrogens with zero attached hydrogens (tertiary/aromatic N) is 4. The van der Waals surface area contributed by atoms with Crippen molar-refractivity contribution >= 4 is 27.5 Å². The summed E-state index contributed by atoms with van der Waals surface area (Å²) in [5, 5.41) is 14.0. The maximum Gasteiger partial charge on any atom is 0.319 e. The normalized spacial score (nSPS) is 20.1. The molecule has 0 spiro atoms. The number of aromatic nitrogens is 2. The number of hydrogen-bond acceptors (Lipinski definition) is 7. The van der Waals surface area contributed by atoms with Gasteiger partial charge in [0.1, 0.15) is 35.3 Å². The summed E-state index contributed by atoms with van der Waals surface area (Å²) in [6.07, 6.45) is 9.02. The van der Waals surface area contributed by atoms with E-state index in [1.807, 2.05) is 41.5 Å². The van der Waals surface area contributed by atoms with Crippen molar-refractivity contribution in [1.29, 1.82) is 0 Å². The predicted molar refractivity (Wildman–Crippen MR) is 197 cm³/mol. The molecule has 0 bridgehead atoms. The molecule has 0 amide bonds. The van der Waals surface area contributed by atoms with Gasteiger partial charge >= 0.3 is 6.01 Å². The molecule has 3 saturated heterocycles. The Kier molecular flexibility index (Phi) is 12.0. The molecule has 4 aliphatic heterocycles. The number of phenolic OH excluding ortho intramolecular Hbond substituents is 1. The molecule has 4 aromatic rings. The topological polar surface area (TPSA) is 73.8 Å². The smallest absolute Gasteiger partial charge is 0.319 e. The first-order valence-corrected chi connectivity index (χ1v) is 18.4. The average molecular weight is 708 g/mol. The Morgan fingerprint density at radius 1 is 1.00 bits per heavy atom. The summed E-state index contributed by atoms with van der Waals surface area (Å²) >= 11 is 0. The molecule has 2 atom stereocenters. The van der Waals surface area contributed by atoms with Crippen molar-refractivity contribution < 1.29 is 27.4 Å². The molecule has 11 heteroatoms. The van der Waals surface area contributed by atoms with Gasteiger partial charge in [-0.25, -0.2) is 17.6 Å². The monoisotopic (exact) mass is 707 g/mol. The number of rotatable bonds is 4. The second-order valence-electron chi connectivity index (χ2n) is 12.6. The standard InChI is InChI=1S/C34H31F4N5O2.3C2H6/c1-2-21-24(35)8-5-18-13-20(44)14-23(26(18)21)27-29(37)22-7-6-19-15-39-25(36)16-43(19)32-28(22)31(30(27)38)40-33(41-32)45-17-34-9-3-11-42(34)12-4-10-34;3*1-2/h1,5,8,13-14,19,25,39,44H,3-4,6-7,9-12,15-17H2;3*1-2H3. The van der Waals surface area contributed by atoms with Gasteiger partial charge in [0.2, 0.25) is 0 Å². The second kappa shape index (κ2) is 16.0. The number of aryl methyl sites for hydroxylation is 1. The van der Waals surface area contributed by atoms with Crippen LogP contribution in [-0.2, 0) is 6.42 Å². The molecule has 3 fully saturated rings. The minimum Gasteiger partial charge on any atom is -0.508 e. The number of nitrogens with one attached hydrogen (secondary N) is 1. The lowest BCUT2D eigenvalue weighted by Crippen LogP contribution is -2.55. The van der Waals surface area contributed by atoms with Gasteiger partial charge in [-0.2, -0.15) is 9.97 Å². The Morgan fingerprint density at radius 3 is 2.39 bits per heavy atom. The molecule has 0 radical (unpaired) electrons. The van der Waals surface area contributed by atoms with Crippen LogP contribution < -0.4 is 15.0 Å². The van der Waals surface area contributed by atoms with E-state index in [0.29, 0.717) is 25.0 Å². The maximum absolute atomic E-state index is 17.0. The van der Waals surface area contributed by atoms with E-state index in [-0.39, 0.29) is 75.1 Å². The van der Waals surface area contributed by atoms with Crippen LogP contribution in [0.2, 0.25) is 0 Å². The van der Waals surface area contributed by atoms with Gasteiger partial charge in [-0.15, -0.1) is 6.42 Å². The zero-order valence-corrected chi connectivity index (χ0v) is 30.5. The lowest BCUT2D eigenvalue weighted by molar-refractivity contribution is 0.107. The fourth-order valence-corrected chi connectivity index (χ4v) is 8.10. The van der Waals surface area contributed by atoms with Crippen LogP contribution in [-0.4, -0.2) is 70.6 Å². The highest BCUT2D eigenvalue weighted by Gasteiger charge is 2.45. The van der Waals surface area contributed by atoms with Crippen LogP contribution in [0.15, 0.2) is 24.3 Å². The first kappa shape index (κ1) is 38.1.